The van der Waals surface area contributed by atoms with Gasteiger partial charge in [0.1, 0.15) is 0 Å². The summed E-state index contributed by atoms with van der Waals surface area (Å²) in [6, 6.07) is 30.1. The molecule has 0 aliphatic carbocycles. The lowest BCUT2D eigenvalue weighted by atomic mass is 10.1. The zero-order valence-electron chi connectivity index (χ0n) is 12.9. The van der Waals surface area contributed by atoms with E-state index < -0.39 is 0 Å². The molecule has 1 nitrogen and oxygen atoms in total. The zero-order chi connectivity index (χ0) is 16.1. The number of rotatable bonds is 1. The molecule has 1 aromatic heterocycles. The first kappa shape index (κ1) is 13.8. The molecule has 0 atom stereocenters. The molecular weight excluding hydrogens is 358 g/mol. The SMILES string of the molecule is Brc1cccc2c3ccc4ccccc4c3n(-c3ccccc3)c12. The fourth-order valence-electron chi connectivity index (χ4n) is 3.62. The maximum Gasteiger partial charge on any atom is 0.0683 e. The largest absolute Gasteiger partial charge is 0.307 e. The molecule has 4 aromatic carbocycles. The van der Waals surface area contributed by atoms with Gasteiger partial charge in [-0.25, -0.2) is 0 Å². The number of para-hydroxylation sites is 2. The molecule has 0 saturated carbocycles. The van der Waals surface area contributed by atoms with Gasteiger partial charge in [0.05, 0.1) is 11.0 Å². The molecule has 0 radical (unpaired) electrons. The van der Waals surface area contributed by atoms with Crippen molar-refractivity contribution in [1.29, 1.82) is 0 Å². The van der Waals surface area contributed by atoms with Gasteiger partial charge >= 0.3 is 0 Å². The summed E-state index contributed by atoms with van der Waals surface area (Å²) in [5.74, 6) is 0. The molecule has 0 bridgehead atoms. The first-order chi connectivity index (χ1) is 11.8. The monoisotopic (exact) mass is 371 g/mol. The molecule has 0 saturated heterocycles. The summed E-state index contributed by atoms with van der Waals surface area (Å²) >= 11 is 3.77. The third-order valence-electron chi connectivity index (χ3n) is 4.64. The van der Waals surface area contributed by atoms with Gasteiger partial charge in [-0.05, 0) is 39.5 Å². The average molecular weight is 372 g/mol. The molecule has 0 N–H and O–H groups in total. The third-order valence-corrected chi connectivity index (χ3v) is 5.28. The summed E-state index contributed by atoms with van der Waals surface area (Å²) in [5.41, 5.74) is 3.66. The number of aromatic nitrogens is 1. The summed E-state index contributed by atoms with van der Waals surface area (Å²) in [4.78, 5) is 0. The van der Waals surface area contributed by atoms with Crippen LogP contribution >= 0.6 is 15.9 Å². The van der Waals surface area contributed by atoms with E-state index in [4.69, 9.17) is 0 Å². The Morgan fingerprint density at radius 3 is 2.12 bits per heavy atom. The quantitative estimate of drug-likeness (QED) is 0.309. The van der Waals surface area contributed by atoms with Crippen molar-refractivity contribution in [3.05, 3.63) is 89.4 Å². The van der Waals surface area contributed by atoms with Crippen LogP contribution in [0.2, 0.25) is 0 Å². The summed E-state index contributed by atoms with van der Waals surface area (Å²) < 4.78 is 3.49. The molecule has 0 spiro atoms. The predicted molar refractivity (Wildman–Crippen MR) is 106 cm³/mol. The summed E-state index contributed by atoms with van der Waals surface area (Å²) in [5, 5.41) is 5.10. The highest BCUT2D eigenvalue weighted by atomic mass is 79.9. The molecule has 5 rings (SSSR count). The Bertz CT molecular complexity index is 1200. The predicted octanol–water partition coefficient (Wildman–Crippen LogP) is 6.70. The van der Waals surface area contributed by atoms with Gasteiger partial charge < -0.3 is 4.57 Å². The number of benzene rings is 4. The molecule has 114 valence electrons. The van der Waals surface area contributed by atoms with Crippen LogP contribution in [0.1, 0.15) is 0 Å². The van der Waals surface area contributed by atoms with Crippen LogP contribution in [0.4, 0.5) is 0 Å². The van der Waals surface area contributed by atoms with E-state index >= 15 is 0 Å². The molecule has 0 amide bonds. The Labute approximate surface area is 148 Å². The van der Waals surface area contributed by atoms with Gasteiger partial charge in [-0.2, -0.15) is 0 Å². The van der Waals surface area contributed by atoms with Crippen LogP contribution in [-0.2, 0) is 0 Å². The summed E-state index contributed by atoms with van der Waals surface area (Å²) in [7, 11) is 0. The second-order valence-electron chi connectivity index (χ2n) is 5.99. The highest BCUT2D eigenvalue weighted by Gasteiger charge is 2.16. The van der Waals surface area contributed by atoms with E-state index in [1.165, 1.54) is 38.3 Å². The second-order valence-corrected chi connectivity index (χ2v) is 6.84. The summed E-state index contributed by atoms with van der Waals surface area (Å²) in [6.45, 7) is 0. The highest BCUT2D eigenvalue weighted by Crippen LogP contribution is 2.39. The second kappa shape index (κ2) is 5.22. The first-order valence-corrected chi connectivity index (χ1v) is 8.80. The Morgan fingerprint density at radius 2 is 1.25 bits per heavy atom. The van der Waals surface area contributed by atoms with Crippen LogP contribution in [0.25, 0.3) is 38.3 Å². The van der Waals surface area contributed by atoms with E-state index in [-0.39, 0.29) is 0 Å². The molecule has 0 unspecified atom stereocenters. The number of halogens is 1. The van der Waals surface area contributed by atoms with Gasteiger partial charge in [-0.15, -0.1) is 0 Å². The van der Waals surface area contributed by atoms with Crippen LogP contribution < -0.4 is 0 Å². The van der Waals surface area contributed by atoms with Gasteiger partial charge in [-0.3, -0.25) is 0 Å². The van der Waals surface area contributed by atoms with E-state index in [0.717, 1.165) is 4.47 Å². The van der Waals surface area contributed by atoms with Gasteiger partial charge in [0.2, 0.25) is 0 Å². The molecular formula is C22H14BrN. The van der Waals surface area contributed by atoms with E-state index in [0.29, 0.717) is 0 Å². The average Bonchev–Trinajstić information content (AvgIpc) is 2.99. The minimum Gasteiger partial charge on any atom is -0.307 e. The van der Waals surface area contributed by atoms with Crippen molar-refractivity contribution in [1.82, 2.24) is 4.57 Å². The Balaban J connectivity index is 2.12. The third kappa shape index (κ3) is 1.87. The standard InChI is InChI=1S/C22H14BrN/c23-20-12-6-11-18-19-14-13-15-7-4-5-10-17(15)21(19)24(22(18)20)16-8-2-1-3-9-16/h1-14H. The van der Waals surface area contributed by atoms with Crippen molar-refractivity contribution in [3.63, 3.8) is 0 Å². The van der Waals surface area contributed by atoms with Crippen molar-refractivity contribution < 1.29 is 0 Å². The highest BCUT2D eigenvalue weighted by molar-refractivity contribution is 9.10. The van der Waals surface area contributed by atoms with Crippen molar-refractivity contribution in [2.24, 2.45) is 0 Å². The van der Waals surface area contributed by atoms with Gasteiger partial charge in [0, 0.05) is 26.3 Å². The number of hydrogen-bond donors (Lipinski definition) is 0. The first-order valence-electron chi connectivity index (χ1n) is 8.00. The normalized spacial score (nSPS) is 11.5. The van der Waals surface area contributed by atoms with Gasteiger partial charge in [0.25, 0.3) is 0 Å². The van der Waals surface area contributed by atoms with Gasteiger partial charge in [0.15, 0.2) is 0 Å². The summed E-state index contributed by atoms with van der Waals surface area (Å²) in [6.07, 6.45) is 0. The van der Waals surface area contributed by atoms with E-state index in [2.05, 4.69) is 105 Å². The van der Waals surface area contributed by atoms with Crippen molar-refractivity contribution in [2.75, 3.05) is 0 Å². The van der Waals surface area contributed by atoms with E-state index in [1.807, 2.05) is 0 Å². The van der Waals surface area contributed by atoms with Crippen LogP contribution in [0.5, 0.6) is 0 Å². The van der Waals surface area contributed by atoms with Crippen LogP contribution in [0.15, 0.2) is 89.4 Å². The van der Waals surface area contributed by atoms with Crippen molar-refractivity contribution in [2.45, 2.75) is 0 Å². The Kier molecular flexibility index (Phi) is 3.00. The topological polar surface area (TPSA) is 4.93 Å². The fourth-order valence-corrected chi connectivity index (χ4v) is 4.16. The fraction of sp³-hybridized carbons (Fsp3) is 0. The molecule has 1 heterocycles. The van der Waals surface area contributed by atoms with E-state index in [1.54, 1.807) is 0 Å². The Hall–Kier alpha value is -2.58. The maximum atomic E-state index is 3.77. The minimum atomic E-state index is 1.11. The molecule has 5 aromatic rings. The maximum absolute atomic E-state index is 3.77. The number of hydrogen-bond acceptors (Lipinski definition) is 0. The molecule has 0 aliphatic heterocycles. The molecule has 2 heteroatoms. The van der Waals surface area contributed by atoms with Crippen molar-refractivity contribution >= 4 is 48.5 Å². The van der Waals surface area contributed by atoms with Crippen LogP contribution in [0, 0.1) is 0 Å². The lowest BCUT2D eigenvalue weighted by Gasteiger charge is -2.10. The van der Waals surface area contributed by atoms with Gasteiger partial charge in [-0.1, -0.05) is 66.7 Å². The number of fused-ring (bicyclic) bond motifs is 5. The number of nitrogens with zero attached hydrogens (tertiary/aromatic N) is 1. The Morgan fingerprint density at radius 1 is 0.542 bits per heavy atom. The lowest BCUT2D eigenvalue weighted by Crippen LogP contribution is -1.94. The minimum absolute atomic E-state index is 1.11. The van der Waals surface area contributed by atoms with Crippen molar-refractivity contribution in [3.8, 4) is 5.69 Å². The molecule has 0 fully saturated rings. The zero-order valence-corrected chi connectivity index (χ0v) is 14.5. The lowest BCUT2D eigenvalue weighted by molar-refractivity contribution is 1.18. The van der Waals surface area contributed by atoms with Crippen LogP contribution in [0.3, 0.4) is 0 Å². The molecule has 24 heavy (non-hydrogen) atoms. The van der Waals surface area contributed by atoms with E-state index in [9.17, 15) is 0 Å². The molecule has 0 aliphatic rings. The smallest absolute Gasteiger partial charge is 0.0683 e. The van der Waals surface area contributed by atoms with Crippen LogP contribution in [-0.4, -0.2) is 4.57 Å².